The fraction of sp³-hybridized carbons (Fsp3) is 0.455. The molecule has 4 aromatic carbocycles. The second kappa shape index (κ2) is 36.7. The first-order chi connectivity index (χ1) is 61.6. The van der Waals surface area contributed by atoms with Gasteiger partial charge < -0.3 is 112 Å². The molecule has 38 nitrogen and oxygen atoms in total. The molecular weight excluding hydrogens is 1770 g/mol. The number of benzene rings is 4. The number of likely N-dealkylation sites (tertiary alicyclic amines) is 2. The molecule has 16 rings (SSSR count). The summed E-state index contributed by atoms with van der Waals surface area (Å²) in [6, 6.07) is 17.2. The summed E-state index contributed by atoms with van der Waals surface area (Å²) in [6.07, 6.45) is -3.34. The number of carboxylic acids is 6. The third-order valence-corrected chi connectivity index (χ3v) is 32.4. The zero-order valence-electron chi connectivity index (χ0n) is 71.1. The van der Waals surface area contributed by atoms with Gasteiger partial charge in [-0.3, -0.25) is 47.9 Å². The SMILES string of the molecule is C[C@@H](O)[C@H]1C(=O)N2C(C(=O)O)=C(S[C@@H]3CN[C@H](C(=O)Nc4cccc(C(=O)N5C[C@@H](SC6=C(C(=O)O)N7C(=O)[C@H]([C@@H](C)O)[C@H]7[C@H]6C)C[C@H]5C(=O)Nc5cccc(C(=O)O)c5)c4)C3)[C@H](C)[C@H]12.C[C@@H](O)[C@H]1C(=O)N2C(C(=O)O)=C(S[C@H]3C[C@@H](C(=O)Nc4cccc(C(=O)O)c4)N(C(=O)C4=C(S[C@@H]5CN[C@H](C(=O)Nc6cccc(C(=O)O)c6)C5)[C@H](C)[C@@H]5[C@@H]([C@@H](C)O)C(=O)N45)C3)[C@H](C)[C@H]12. The average molecular weight is 1870 g/mol. The van der Waals surface area contributed by atoms with Crippen LogP contribution in [0.15, 0.2) is 139 Å². The number of nitrogens with zero attached hydrogens (tertiary/aromatic N) is 6. The van der Waals surface area contributed by atoms with Gasteiger partial charge >= 0.3 is 35.8 Å². The number of aliphatic hydroxyl groups excluding tert-OH is 4. The third-order valence-electron chi connectivity index (χ3n) is 26.4. The minimum Gasteiger partial charge on any atom is -0.478 e. The number of carbonyl (C=O) groups is 16. The molecule has 16 N–H and O–H groups in total. The van der Waals surface area contributed by atoms with Crippen molar-refractivity contribution in [2.45, 2.75) is 175 Å². The van der Waals surface area contributed by atoms with E-state index in [2.05, 4.69) is 31.9 Å². The Kier molecular flexibility index (Phi) is 26.3. The van der Waals surface area contributed by atoms with Crippen molar-refractivity contribution in [1.82, 2.24) is 40.0 Å². The molecule has 0 saturated carbocycles. The van der Waals surface area contributed by atoms with E-state index < -0.39 is 220 Å². The average Bonchev–Trinajstić information content (AvgIpc) is 1.64. The zero-order valence-corrected chi connectivity index (χ0v) is 74.3. The van der Waals surface area contributed by atoms with Crippen LogP contribution in [0.1, 0.15) is 123 Å². The monoisotopic (exact) mass is 1860 g/mol. The number of aromatic carboxylic acids is 3. The van der Waals surface area contributed by atoms with Gasteiger partial charge in [0.05, 0.1) is 101 Å². The number of hydrogen-bond acceptors (Lipinski definition) is 26. The van der Waals surface area contributed by atoms with Crippen LogP contribution in [0.25, 0.3) is 0 Å². The van der Waals surface area contributed by atoms with Crippen molar-refractivity contribution in [2.24, 2.45) is 47.3 Å². The van der Waals surface area contributed by atoms with E-state index in [0.29, 0.717) is 51.2 Å². The minimum atomic E-state index is -1.34. The van der Waals surface area contributed by atoms with Crippen molar-refractivity contribution in [3.05, 3.63) is 162 Å². The van der Waals surface area contributed by atoms with Gasteiger partial charge in [-0.25, -0.2) is 28.8 Å². The van der Waals surface area contributed by atoms with Crippen LogP contribution in [-0.2, 0) is 57.5 Å². The largest absolute Gasteiger partial charge is 0.478 e. The smallest absolute Gasteiger partial charge is 0.353 e. The number of hydrogen-bond donors (Lipinski definition) is 16. The summed E-state index contributed by atoms with van der Waals surface area (Å²) in [6.45, 7) is 13.7. The van der Waals surface area contributed by atoms with Gasteiger partial charge in [-0.05, 0) is 126 Å². The number of thioether (sulfide) groups is 4. The highest BCUT2D eigenvalue weighted by Gasteiger charge is 2.66. The molecule has 12 aliphatic rings. The Bertz CT molecular complexity index is 5620. The van der Waals surface area contributed by atoms with Gasteiger partial charge in [0.2, 0.25) is 47.3 Å². The molecule has 12 heterocycles. The molecule has 10 amide bonds. The van der Waals surface area contributed by atoms with Gasteiger partial charge in [0.1, 0.15) is 34.9 Å². The van der Waals surface area contributed by atoms with Gasteiger partial charge in [-0.15, -0.1) is 47.0 Å². The van der Waals surface area contributed by atoms with Gasteiger partial charge in [-0.1, -0.05) is 52.0 Å². The number of anilines is 4. The zero-order chi connectivity index (χ0) is 93.8. The van der Waals surface area contributed by atoms with E-state index in [-0.39, 0.29) is 104 Å². The summed E-state index contributed by atoms with van der Waals surface area (Å²) in [5.74, 6) is -17.6. The van der Waals surface area contributed by atoms with Crippen molar-refractivity contribution in [1.29, 1.82) is 0 Å². The first-order valence-electron chi connectivity index (χ1n) is 42.4. The molecule has 0 aliphatic carbocycles. The summed E-state index contributed by atoms with van der Waals surface area (Å²) < 4.78 is 0. The van der Waals surface area contributed by atoms with Crippen LogP contribution in [0.4, 0.5) is 22.7 Å². The Hall–Kier alpha value is -11.5. The van der Waals surface area contributed by atoms with E-state index in [1.54, 1.807) is 32.0 Å². The number of β-lactam (4-membered cyclic amide) rings is 4. The Morgan fingerprint density at radius 3 is 0.900 bits per heavy atom. The van der Waals surface area contributed by atoms with E-state index in [4.69, 9.17) is 0 Å². The Morgan fingerprint density at radius 1 is 0.346 bits per heavy atom. The highest BCUT2D eigenvalue weighted by atomic mass is 32.2. The second-order valence-electron chi connectivity index (χ2n) is 34.7. The number of aliphatic carboxylic acids is 3. The molecule has 4 aromatic rings. The highest BCUT2D eigenvalue weighted by Crippen LogP contribution is 2.58. The van der Waals surface area contributed by atoms with Crippen molar-refractivity contribution in [2.75, 3.05) is 47.4 Å². The van der Waals surface area contributed by atoms with Crippen LogP contribution in [-0.4, -0.2) is 295 Å². The Morgan fingerprint density at radius 2 is 0.608 bits per heavy atom. The van der Waals surface area contributed by atoms with E-state index >= 15 is 4.79 Å². The molecule has 688 valence electrons. The molecule has 42 heteroatoms. The van der Waals surface area contributed by atoms with Crippen molar-refractivity contribution >= 4 is 165 Å². The first kappa shape index (κ1) is 93.2. The fourth-order valence-corrected chi connectivity index (χ4v) is 26.3. The first-order valence-corrected chi connectivity index (χ1v) is 45.9. The lowest BCUT2D eigenvalue weighted by Gasteiger charge is -2.47. The van der Waals surface area contributed by atoms with E-state index in [9.17, 15) is 123 Å². The lowest BCUT2D eigenvalue weighted by atomic mass is 9.79. The van der Waals surface area contributed by atoms with E-state index in [1.165, 1.54) is 159 Å². The summed E-state index contributed by atoms with van der Waals surface area (Å²) in [5, 5.41) is 117. The number of carboxylic acid groups (broad SMARTS) is 6. The molecule has 0 aromatic heterocycles. The summed E-state index contributed by atoms with van der Waals surface area (Å²) >= 11 is 4.92. The topological polar surface area (TPSA) is 567 Å². The normalized spacial score (nSPS) is 30.1. The van der Waals surface area contributed by atoms with Gasteiger partial charge in [0.25, 0.3) is 11.8 Å². The summed E-state index contributed by atoms with van der Waals surface area (Å²) in [5.41, 5.74) is 0.380. The lowest BCUT2D eigenvalue weighted by molar-refractivity contribution is -0.163. The van der Waals surface area contributed by atoms with Crippen LogP contribution in [0, 0.1) is 47.3 Å². The third kappa shape index (κ3) is 17.0. The van der Waals surface area contributed by atoms with Gasteiger partial charge in [0.15, 0.2) is 0 Å². The molecular formula is C88H96N12O26S4. The predicted octanol–water partition coefficient (Wildman–Crippen LogP) is 4.10. The number of nitrogens with one attached hydrogen (secondary N) is 6. The number of amides is 10. The Labute approximate surface area is 759 Å². The highest BCUT2D eigenvalue weighted by molar-refractivity contribution is 8.04. The molecule has 130 heavy (non-hydrogen) atoms. The number of fused-ring (bicyclic) bond motifs is 4. The standard InChI is InChI=1S/2C44H48N6O13S2/c1-17-31-29(19(3)51)39(55)49(31)33(35(17)64-25-13-27(45-15-25)37(53)46-23-9-5-7-21(11-23)42(58)59)41(57)48-16-26(14-28(48)38(54)47-24-10-6-8-22(12-24)43(60)61)65-36-18(2)32-30(20(4)52)40(56)50(32)34(36)44(62)63;1-17-31-29(19(3)51)40(56)49(31)33(43(60)61)35(17)64-25-13-27(45-15-25)37(53)46-23-9-5-7-21(11-23)39(55)48-16-26(14-28(48)38(54)47-24-10-6-8-22(12-24)42(58)59)65-36-18(2)32-30(20(4)52)41(57)50(32)34(36)44(62)63/h2*5-12,17-20,25-32,45,51-52H,13-16H2,1-4H3,(H,46,53)(H,47,54)(H,58,59)(H,60,61)(H,62,63)/t2*17-,18-,19-,20-,25+,26+,27+,28+,29-,30-,31-,32-/m11/s1. The van der Waals surface area contributed by atoms with Crippen molar-refractivity contribution < 1.29 is 128 Å². The molecule has 0 bridgehead atoms. The molecule has 0 unspecified atom stereocenters. The van der Waals surface area contributed by atoms with Crippen LogP contribution in [0.3, 0.4) is 0 Å². The lowest BCUT2D eigenvalue weighted by Crippen LogP contribution is -2.64. The Balaban J connectivity index is 0.000000199. The van der Waals surface area contributed by atoms with Crippen LogP contribution in [0.2, 0.25) is 0 Å². The minimum absolute atomic E-state index is 0.000117. The quantitative estimate of drug-likeness (QED) is 0.0356. The number of rotatable bonds is 28. The maximum absolute atomic E-state index is 15.3. The second-order valence-corrected chi connectivity index (χ2v) is 40.1. The van der Waals surface area contributed by atoms with E-state index in [0.717, 1.165) is 23.5 Å². The molecule has 8 saturated heterocycles. The molecule has 0 radical (unpaired) electrons. The number of aliphatic hydroxyl groups is 4. The summed E-state index contributed by atoms with van der Waals surface area (Å²) in [7, 11) is 0. The van der Waals surface area contributed by atoms with Gasteiger partial charge in [-0.2, -0.15) is 0 Å². The molecule has 0 spiro atoms. The van der Waals surface area contributed by atoms with E-state index in [1.807, 2.05) is 13.8 Å². The molecule has 8 fully saturated rings. The fourth-order valence-electron chi connectivity index (χ4n) is 20.3. The van der Waals surface area contributed by atoms with Crippen LogP contribution in [0.5, 0.6) is 0 Å². The van der Waals surface area contributed by atoms with Gasteiger partial charge in [0, 0.05) is 119 Å². The molecule has 12 aliphatic heterocycles. The molecule has 24 atom stereocenters. The summed E-state index contributed by atoms with van der Waals surface area (Å²) in [4.78, 5) is 220. The van der Waals surface area contributed by atoms with Crippen molar-refractivity contribution in [3.63, 3.8) is 0 Å². The van der Waals surface area contributed by atoms with Crippen LogP contribution < -0.4 is 31.9 Å². The van der Waals surface area contributed by atoms with Crippen molar-refractivity contribution in [3.8, 4) is 0 Å². The maximum Gasteiger partial charge on any atom is 0.353 e. The maximum atomic E-state index is 15.3. The van der Waals surface area contributed by atoms with Crippen LogP contribution >= 0.6 is 47.0 Å². The number of carbonyl (C=O) groups excluding carboxylic acids is 10. The predicted molar refractivity (Wildman–Crippen MR) is 470 cm³/mol.